The first-order valence-corrected chi connectivity index (χ1v) is 8.41. The van der Waals surface area contributed by atoms with Crippen LogP contribution < -0.4 is 0 Å². The maximum atomic E-state index is 8.56. The van der Waals surface area contributed by atoms with E-state index in [0.29, 0.717) is 5.88 Å². The van der Waals surface area contributed by atoms with Crippen molar-refractivity contribution in [2.75, 3.05) is 6.26 Å². The number of benzene rings is 1. The van der Waals surface area contributed by atoms with Crippen LogP contribution in [0.4, 0.5) is 0 Å². The third-order valence-electron chi connectivity index (χ3n) is 2.21. The van der Waals surface area contributed by atoms with Crippen LogP contribution in [0.3, 0.4) is 0 Å². The Labute approximate surface area is 123 Å². The lowest BCUT2D eigenvalue weighted by molar-refractivity contribution is 0.941. The molecule has 2 aromatic rings. The maximum absolute atomic E-state index is 8.56. The van der Waals surface area contributed by atoms with Crippen molar-refractivity contribution in [3.8, 4) is 6.19 Å². The zero-order chi connectivity index (χ0) is 13.0. The molecule has 0 fully saturated rings. The van der Waals surface area contributed by atoms with Crippen LogP contribution in [0, 0.1) is 15.4 Å². The summed E-state index contributed by atoms with van der Waals surface area (Å²) in [6.07, 6.45) is 3.73. The number of hydrogen-bond donors (Lipinski definition) is 0. The van der Waals surface area contributed by atoms with Gasteiger partial charge in [0, 0.05) is 0 Å². The van der Waals surface area contributed by atoms with Gasteiger partial charge in [0.05, 0.1) is 16.1 Å². The molecule has 0 atom stereocenters. The second-order valence-corrected chi connectivity index (χ2v) is 6.88. The van der Waals surface area contributed by atoms with Crippen molar-refractivity contribution in [1.29, 1.82) is 5.26 Å². The molecule has 0 aliphatic rings. The Bertz CT molecular complexity index is 677. The van der Waals surface area contributed by atoms with Gasteiger partial charge in [-0.25, -0.2) is 0 Å². The van der Waals surface area contributed by atoms with Gasteiger partial charge in [0.15, 0.2) is 3.95 Å². The van der Waals surface area contributed by atoms with Gasteiger partial charge in [0.25, 0.3) is 0 Å². The van der Waals surface area contributed by atoms with Crippen LogP contribution in [-0.4, -0.2) is 15.2 Å². The van der Waals surface area contributed by atoms with Gasteiger partial charge >= 0.3 is 0 Å². The monoisotopic (exact) mass is 311 g/mol. The van der Waals surface area contributed by atoms with E-state index >= 15 is 0 Å². The van der Waals surface area contributed by atoms with Crippen molar-refractivity contribution >= 4 is 61.7 Å². The minimum atomic E-state index is 0.685. The van der Waals surface area contributed by atoms with Crippen molar-refractivity contribution in [2.45, 2.75) is 5.88 Å². The molecule has 3 nitrogen and oxygen atoms in total. The summed E-state index contributed by atoms with van der Waals surface area (Å²) in [5, 5.41) is 8.56. The fourth-order valence-electron chi connectivity index (χ4n) is 1.43. The fraction of sp³-hybridized carbons (Fsp3) is 0.182. The highest BCUT2D eigenvalue weighted by Crippen LogP contribution is 2.26. The number of thiazole rings is 1. The molecule has 0 N–H and O–H groups in total. The quantitative estimate of drug-likeness (QED) is 0.358. The standard InChI is InChI=1S/C11H9N3S4/c1-16-10(13-6-12)17-7-14-8-4-2-3-5-9(8)18-11(14)15/h2-5H,7H2,1H3. The number of para-hydroxylation sites is 1. The van der Waals surface area contributed by atoms with Crippen LogP contribution in [0.2, 0.25) is 0 Å². The van der Waals surface area contributed by atoms with E-state index in [1.807, 2.05) is 24.6 Å². The average molecular weight is 311 g/mol. The fourth-order valence-corrected chi connectivity index (χ4v) is 4.29. The molecular formula is C11H9N3S4. The highest BCUT2D eigenvalue weighted by atomic mass is 32.2. The summed E-state index contributed by atoms with van der Waals surface area (Å²) < 4.78 is 4.87. The third-order valence-corrected chi connectivity index (χ3v) is 5.66. The minimum Gasteiger partial charge on any atom is -0.313 e. The maximum Gasteiger partial charge on any atom is 0.207 e. The molecule has 7 heteroatoms. The van der Waals surface area contributed by atoms with Crippen molar-refractivity contribution in [1.82, 2.24) is 4.57 Å². The molecule has 0 unspecified atom stereocenters. The number of nitriles is 1. The molecule has 0 radical (unpaired) electrons. The van der Waals surface area contributed by atoms with Crippen LogP contribution in [0.5, 0.6) is 0 Å². The van der Waals surface area contributed by atoms with Crippen LogP contribution in [0.15, 0.2) is 29.3 Å². The topological polar surface area (TPSA) is 41.1 Å². The van der Waals surface area contributed by atoms with Gasteiger partial charge in [-0.2, -0.15) is 10.3 Å². The van der Waals surface area contributed by atoms with Gasteiger partial charge in [0.2, 0.25) is 6.19 Å². The zero-order valence-corrected chi connectivity index (χ0v) is 12.8. The van der Waals surface area contributed by atoms with E-state index in [0.717, 1.165) is 13.8 Å². The van der Waals surface area contributed by atoms with E-state index in [4.69, 9.17) is 17.5 Å². The number of fused-ring (bicyclic) bond motifs is 1. The van der Waals surface area contributed by atoms with E-state index < -0.39 is 0 Å². The van der Waals surface area contributed by atoms with Gasteiger partial charge < -0.3 is 4.57 Å². The summed E-state index contributed by atoms with van der Waals surface area (Å²) >= 11 is 9.97. The second kappa shape index (κ2) is 6.38. The highest BCUT2D eigenvalue weighted by molar-refractivity contribution is 8.38. The van der Waals surface area contributed by atoms with Crippen LogP contribution in [0.25, 0.3) is 10.2 Å². The molecule has 0 saturated heterocycles. The molecule has 92 valence electrons. The largest absolute Gasteiger partial charge is 0.313 e. The Kier molecular flexibility index (Phi) is 4.83. The number of nitrogens with zero attached hydrogens (tertiary/aromatic N) is 3. The number of thioether (sulfide) groups is 2. The molecular weight excluding hydrogens is 302 g/mol. The molecule has 0 aliphatic carbocycles. The molecule has 1 aromatic carbocycles. The minimum absolute atomic E-state index is 0.685. The smallest absolute Gasteiger partial charge is 0.207 e. The van der Waals surface area contributed by atoms with Gasteiger partial charge in [-0.1, -0.05) is 23.9 Å². The molecule has 0 aliphatic heterocycles. The molecule has 2 rings (SSSR count). The first kappa shape index (κ1) is 13.6. The Morgan fingerprint density at radius 1 is 1.56 bits per heavy atom. The molecule has 18 heavy (non-hydrogen) atoms. The van der Waals surface area contributed by atoms with E-state index in [9.17, 15) is 0 Å². The molecule has 0 saturated carbocycles. The van der Waals surface area contributed by atoms with Crippen LogP contribution >= 0.6 is 47.1 Å². The lowest BCUT2D eigenvalue weighted by atomic mass is 10.3. The zero-order valence-electron chi connectivity index (χ0n) is 9.49. The predicted octanol–water partition coefficient (Wildman–Crippen LogP) is 4.32. The van der Waals surface area contributed by atoms with Crippen LogP contribution in [-0.2, 0) is 5.88 Å². The molecule has 1 aromatic heterocycles. The second-order valence-electron chi connectivity index (χ2n) is 3.22. The predicted molar refractivity (Wildman–Crippen MR) is 84.8 cm³/mol. The van der Waals surface area contributed by atoms with E-state index in [1.165, 1.54) is 28.2 Å². The number of aromatic nitrogens is 1. The number of hydrogen-bond acceptors (Lipinski definition) is 6. The molecule has 0 amide bonds. The van der Waals surface area contributed by atoms with Crippen LogP contribution in [0.1, 0.15) is 0 Å². The molecule has 1 heterocycles. The van der Waals surface area contributed by atoms with Crippen molar-refractivity contribution < 1.29 is 0 Å². The normalized spacial score (nSPS) is 11.7. The van der Waals surface area contributed by atoms with Gasteiger partial charge in [-0.3, -0.25) is 0 Å². The number of aliphatic imine (C=N–C) groups is 1. The van der Waals surface area contributed by atoms with Crippen molar-refractivity contribution in [2.24, 2.45) is 4.99 Å². The average Bonchev–Trinajstić information content (AvgIpc) is 2.70. The Hall–Kier alpha value is -0.810. The van der Waals surface area contributed by atoms with E-state index in [2.05, 4.69) is 21.7 Å². The Balaban J connectivity index is 2.28. The van der Waals surface area contributed by atoms with E-state index in [1.54, 1.807) is 11.3 Å². The number of rotatable bonds is 2. The Morgan fingerprint density at radius 3 is 3.06 bits per heavy atom. The summed E-state index contributed by atoms with van der Waals surface area (Å²) in [4.78, 5) is 3.76. The molecule has 0 bridgehead atoms. The Morgan fingerprint density at radius 2 is 2.33 bits per heavy atom. The first-order valence-electron chi connectivity index (χ1n) is 4.98. The SMILES string of the molecule is CSC(=NC#N)SCn1c(=S)sc2ccccc21. The summed E-state index contributed by atoms with van der Waals surface area (Å²) in [5.41, 5.74) is 1.14. The summed E-state index contributed by atoms with van der Waals surface area (Å²) in [5.74, 6) is 0.685. The lowest BCUT2D eigenvalue weighted by Crippen LogP contribution is -1.96. The highest BCUT2D eigenvalue weighted by Gasteiger charge is 2.06. The summed E-state index contributed by atoms with van der Waals surface area (Å²) in [6.45, 7) is 0. The lowest BCUT2D eigenvalue weighted by Gasteiger charge is -2.04. The van der Waals surface area contributed by atoms with Gasteiger partial charge in [-0.15, -0.1) is 23.1 Å². The molecule has 0 spiro atoms. The summed E-state index contributed by atoms with van der Waals surface area (Å²) in [6, 6.07) is 8.14. The summed E-state index contributed by atoms with van der Waals surface area (Å²) in [7, 11) is 0. The van der Waals surface area contributed by atoms with Gasteiger partial charge in [0.1, 0.15) is 4.38 Å². The van der Waals surface area contributed by atoms with Crippen molar-refractivity contribution in [3.63, 3.8) is 0 Å². The van der Waals surface area contributed by atoms with E-state index in [-0.39, 0.29) is 0 Å². The third kappa shape index (κ3) is 2.95. The van der Waals surface area contributed by atoms with Gasteiger partial charge in [-0.05, 0) is 30.6 Å². The van der Waals surface area contributed by atoms with Crippen molar-refractivity contribution in [3.05, 3.63) is 28.2 Å². The first-order chi connectivity index (χ1) is 8.76.